The van der Waals surface area contributed by atoms with E-state index in [1.165, 1.54) is 17.0 Å². The molecule has 0 N–H and O–H groups in total. The molecule has 0 unspecified atom stereocenters. The Morgan fingerprint density at radius 2 is 2.07 bits per heavy atom. The third-order valence-electron chi connectivity index (χ3n) is 4.91. The average Bonchev–Trinajstić information content (AvgIpc) is 2.70. The zero-order chi connectivity index (χ0) is 19.1. The number of aromatic nitrogens is 3. The van der Waals surface area contributed by atoms with E-state index in [-0.39, 0.29) is 11.5 Å². The van der Waals surface area contributed by atoms with Crippen molar-refractivity contribution >= 4 is 34.0 Å². The third kappa shape index (κ3) is 2.59. The summed E-state index contributed by atoms with van der Waals surface area (Å²) in [6, 6.07) is 7.63. The molecular formula is C20H19N5O2. The van der Waals surface area contributed by atoms with Crippen LogP contribution in [0.1, 0.15) is 5.56 Å². The highest BCUT2D eigenvalue weighted by Crippen LogP contribution is 2.39. The van der Waals surface area contributed by atoms with Crippen LogP contribution in [0.3, 0.4) is 0 Å². The molecule has 3 heterocycles. The molecule has 0 fully saturated rings. The van der Waals surface area contributed by atoms with E-state index < -0.39 is 0 Å². The lowest BCUT2D eigenvalue weighted by atomic mass is 10.1. The molecule has 4 rings (SSSR count). The molecule has 0 saturated heterocycles. The Balaban J connectivity index is 1.94. The van der Waals surface area contributed by atoms with Gasteiger partial charge in [-0.3, -0.25) is 14.2 Å². The summed E-state index contributed by atoms with van der Waals surface area (Å²) in [6.07, 6.45) is 4.44. The molecule has 2 aromatic heterocycles. The smallest absolute Gasteiger partial charge is 0.275 e. The number of rotatable bonds is 2. The van der Waals surface area contributed by atoms with Crippen LogP contribution in [0.5, 0.6) is 0 Å². The number of benzene rings is 1. The third-order valence-corrected chi connectivity index (χ3v) is 4.91. The number of fused-ring (bicyclic) bond motifs is 2. The normalized spacial score (nSPS) is 13.6. The van der Waals surface area contributed by atoms with Gasteiger partial charge in [0.05, 0.1) is 11.4 Å². The first-order valence-corrected chi connectivity index (χ1v) is 8.63. The summed E-state index contributed by atoms with van der Waals surface area (Å²) in [5.74, 6) is -0.148. The quantitative estimate of drug-likeness (QED) is 0.655. The summed E-state index contributed by atoms with van der Waals surface area (Å²) >= 11 is 0. The van der Waals surface area contributed by atoms with Crippen molar-refractivity contribution in [1.29, 1.82) is 0 Å². The number of para-hydroxylation sites is 1. The summed E-state index contributed by atoms with van der Waals surface area (Å²) in [7, 11) is 1.70. The van der Waals surface area contributed by atoms with E-state index in [0.29, 0.717) is 24.4 Å². The van der Waals surface area contributed by atoms with Gasteiger partial charge in [0.25, 0.3) is 11.5 Å². The summed E-state index contributed by atoms with van der Waals surface area (Å²) in [5, 5.41) is 0.786. The zero-order valence-electron chi connectivity index (χ0n) is 15.2. The molecule has 27 heavy (non-hydrogen) atoms. The molecule has 1 aliphatic heterocycles. The Morgan fingerprint density at radius 3 is 2.85 bits per heavy atom. The number of nitrogens with zero attached hydrogens (tertiary/aromatic N) is 5. The van der Waals surface area contributed by atoms with Crippen molar-refractivity contribution in [2.24, 2.45) is 7.05 Å². The molecule has 0 bridgehead atoms. The number of pyridine rings is 1. The van der Waals surface area contributed by atoms with Crippen molar-refractivity contribution in [3.8, 4) is 0 Å². The van der Waals surface area contributed by atoms with Crippen molar-refractivity contribution in [3.05, 3.63) is 65.4 Å². The molecular weight excluding hydrogens is 342 g/mol. The molecule has 7 nitrogen and oxygen atoms in total. The summed E-state index contributed by atoms with van der Waals surface area (Å²) < 4.78 is 1.53. The maximum absolute atomic E-state index is 13.0. The van der Waals surface area contributed by atoms with E-state index in [4.69, 9.17) is 0 Å². The lowest BCUT2D eigenvalue weighted by molar-refractivity contribution is -0.114. The highest BCUT2D eigenvalue weighted by atomic mass is 16.2. The molecule has 0 spiro atoms. The minimum Gasteiger partial charge on any atom is -0.333 e. The number of carbonyl (C=O) groups excluding carboxylic acids is 1. The number of anilines is 3. The number of aryl methyl sites for hydroxylation is 2. The predicted octanol–water partition coefficient (Wildman–Crippen LogP) is 2.31. The van der Waals surface area contributed by atoms with Crippen LogP contribution in [0.15, 0.2) is 54.2 Å². The van der Waals surface area contributed by atoms with Crippen LogP contribution in [0, 0.1) is 6.92 Å². The van der Waals surface area contributed by atoms with E-state index in [2.05, 4.69) is 16.5 Å². The van der Waals surface area contributed by atoms with Crippen LogP contribution in [0.4, 0.5) is 17.1 Å². The topological polar surface area (TPSA) is 71.3 Å². The van der Waals surface area contributed by atoms with Crippen molar-refractivity contribution < 1.29 is 4.79 Å². The van der Waals surface area contributed by atoms with Crippen LogP contribution in [0.25, 0.3) is 11.0 Å². The summed E-state index contributed by atoms with van der Waals surface area (Å²) in [4.78, 5) is 37.3. The van der Waals surface area contributed by atoms with Crippen molar-refractivity contribution in [2.75, 3.05) is 22.9 Å². The molecule has 0 aliphatic carbocycles. The number of amides is 1. The van der Waals surface area contributed by atoms with Crippen molar-refractivity contribution in [3.63, 3.8) is 0 Å². The van der Waals surface area contributed by atoms with Gasteiger partial charge in [0.15, 0.2) is 0 Å². The lowest BCUT2D eigenvalue weighted by Gasteiger charge is -2.38. The summed E-state index contributed by atoms with van der Waals surface area (Å²) in [6.45, 7) is 6.53. The standard InChI is InChI=1S/C20H19N5O2/c1-4-17(26)25-9-8-24(15-7-5-6-13(2)18(15)25)16-10-14-11-21-12-22-19(14)23(3)20(16)27/h4-7,10-12H,1,8-9H2,2-3H3. The fourth-order valence-electron chi connectivity index (χ4n) is 3.61. The maximum atomic E-state index is 13.0. The largest absolute Gasteiger partial charge is 0.333 e. The Labute approximate surface area is 156 Å². The van der Waals surface area contributed by atoms with Gasteiger partial charge in [-0.05, 0) is 30.7 Å². The van der Waals surface area contributed by atoms with Gasteiger partial charge in [-0.2, -0.15) is 0 Å². The monoisotopic (exact) mass is 361 g/mol. The van der Waals surface area contributed by atoms with Gasteiger partial charge in [0.1, 0.15) is 17.7 Å². The van der Waals surface area contributed by atoms with Crippen LogP contribution in [-0.2, 0) is 11.8 Å². The molecule has 7 heteroatoms. The Bertz CT molecular complexity index is 1130. The minimum atomic E-state index is -0.148. The molecule has 0 saturated carbocycles. The molecule has 0 radical (unpaired) electrons. The van der Waals surface area contributed by atoms with Crippen LogP contribution < -0.4 is 15.4 Å². The Hall–Kier alpha value is -3.48. The first-order chi connectivity index (χ1) is 13.0. The fourth-order valence-corrected chi connectivity index (χ4v) is 3.61. The highest BCUT2D eigenvalue weighted by molar-refractivity contribution is 6.05. The van der Waals surface area contributed by atoms with Crippen LogP contribution in [-0.4, -0.2) is 33.5 Å². The maximum Gasteiger partial charge on any atom is 0.275 e. The molecule has 1 aromatic carbocycles. The van der Waals surface area contributed by atoms with E-state index in [1.807, 2.05) is 36.1 Å². The number of hydrogen-bond donors (Lipinski definition) is 0. The molecule has 1 aliphatic rings. The van der Waals surface area contributed by atoms with Crippen LogP contribution in [0.2, 0.25) is 0 Å². The van der Waals surface area contributed by atoms with Crippen molar-refractivity contribution in [1.82, 2.24) is 14.5 Å². The minimum absolute atomic E-state index is 0.142. The second-order valence-electron chi connectivity index (χ2n) is 6.48. The number of hydrogen-bond acceptors (Lipinski definition) is 5. The van der Waals surface area contributed by atoms with E-state index in [1.54, 1.807) is 18.1 Å². The first kappa shape index (κ1) is 17.0. The number of carbonyl (C=O) groups is 1. The van der Waals surface area contributed by atoms with Gasteiger partial charge in [-0.1, -0.05) is 18.7 Å². The Kier molecular flexibility index (Phi) is 3.99. The SMILES string of the molecule is C=CC(=O)N1CCN(c2cc3cncnc3n(C)c2=O)c2cccc(C)c21. The van der Waals surface area contributed by atoms with Gasteiger partial charge in [-0.15, -0.1) is 0 Å². The first-order valence-electron chi connectivity index (χ1n) is 8.63. The average molecular weight is 361 g/mol. The van der Waals surface area contributed by atoms with E-state index in [0.717, 1.165) is 22.3 Å². The molecule has 3 aromatic rings. The van der Waals surface area contributed by atoms with Gasteiger partial charge < -0.3 is 9.80 Å². The zero-order valence-corrected chi connectivity index (χ0v) is 15.2. The highest BCUT2D eigenvalue weighted by Gasteiger charge is 2.29. The van der Waals surface area contributed by atoms with E-state index >= 15 is 0 Å². The van der Waals surface area contributed by atoms with Crippen molar-refractivity contribution in [2.45, 2.75) is 6.92 Å². The molecule has 1 amide bonds. The fraction of sp³-hybridized carbons (Fsp3) is 0.200. The van der Waals surface area contributed by atoms with Gasteiger partial charge in [0.2, 0.25) is 0 Å². The summed E-state index contributed by atoms with van der Waals surface area (Å²) in [5.41, 5.74) is 3.58. The van der Waals surface area contributed by atoms with Gasteiger partial charge in [-0.25, -0.2) is 9.97 Å². The second-order valence-corrected chi connectivity index (χ2v) is 6.48. The molecule has 136 valence electrons. The Morgan fingerprint density at radius 1 is 1.26 bits per heavy atom. The van der Waals surface area contributed by atoms with Gasteiger partial charge in [0, 0.05) is 31.7 Å². The van der Waals surface area contributed by atoms with E-state index in [9.17, 15) is 9.59 Å². The van der Waals surface area contributed by atoms with Gasteiger partial charge >= 0.3 is 0 Å². The lowest BCUT2D eigenvalue weighted by Crippen LogP contribution is -2.43. The predicted molar refractivity (Wildman–Crippen MR) is 106 cm³/mol. The second kappa shape index (κ2) is 6.35. The molecule has 0 atom stereocenters. The van der Waals surface area contributed by atoms with Crippen LogP contribution >= 0.6 is 0 Å².